The van der Waals surface area contributed by atoms with Crippen molar-refractivity contribution in [3.05, 3.63) is 42.2 Å². The van der Waals surface area contributed by atoms with Crippen molar-refractivity contribution in [2.75, 3.05) is 39.8 Å². The molecule has 8 nitrogen and oxygen atoms in total. The summed E-state index contributed by atoms with van der Waals surface area (Å²) in [5.74, 6) is 0.0186. The lowest BCUT2D eigenvalue weighted by molar-refractivity contribution is -0.160. The molecule has 26 heavy (non-hydrogen) atoms. The van der Waals surface area contributed by atoms with E-state index in [0.29, 0.717) is 19.7 Å². The molecule has 0 N–H and O–H groups in total. The quantitative estimate of drug-likeness (QED) is 0.801. The van der Waals surface area contributed by atoms with Gasteiger partial charge in [-0.25, -0.2) is 4.68 Å². The molecule has 1 amide bonds. The number of tetrazole rings is 1. The van der Waals surface area contributed by atoms with Crippen molar-refractivity contribution in [2.24, 2.45) is 0 Å². The molecule has 1 aromatic heterocycles. The number of likely N-dealkylation sites (tertiary alicyclic amines) is 1. The number of benzene rings is 1. The highest BCUT2D eigenvalue weighted by molar-refractivity contribution is 5.83. The minimum atomic E-state index is -0.549. The van der Waals surface area contributed by atoms with E-state index in [1.165, 1.54) is 11.0 Å². The molecule has 138 valence electrons. The number of rotatable bonds is 3. The van der Waals surface area contributed by atoms with E-state index in [1.807, 2.05) is 35.2 Å². The molecule has 1 unspecified atom stereocenters. The maximum absolute atomic E-state index is 13.4. The Kier molecular flexibility index (Phi) is 4.69. The van der Waals surface area contributed by atoms with Gasteiger partial charge < -0.3 is 14.5 Å². The minimum absolute atomic E-state index is 0.0186. The number of morpholine rings is 1. The highest BCUT2D eigenvalue weighted by Crippen LogP contribution is 2.31. The van der Waals surface area contributed by atoms with Crippen LogP contribution in [-0.4, -0.2) is 81.3 Å². The highest BCUT2D eigenvalue weighted by atomic mass is 16.5. The summed E-state index contributed by atoms with van der Waals surface area (Å²) in [5, 5.41) is 11.4. The molecule has 2 saturated heterocycles. The van der Waals surface area contributed by atoms with Gasteiger partial charge in [-0.2, -0.15) is 0 Å². The Morgan fingerprint density at radius 3 is 2.65 bits per heavy atom. The van der Waals surface area contributed by atoms with Crippen LogP contribution in [-0.2, 0) is 9.53 Å². The van der Waals surface area contributed by atoms with Crippen LogP contribution >= 0.6 is 0 Å². The van der Waals surface area contributed by atoms with Gasteiger partial charge >= 0.3 is 0 Å². The maximum Gasteiger partial charge on any atom is 0.252 e. The smallest absolute Gasteiger partial charge is 0.252 e. The van der Waals surface area contributed by atoms with Crippen LogP contribution in [0.5, 0.6) is 0 Å². The molecule has 0 aliphatic carbocycles. The number of aromatic nitrogens is 4. The van der Waals surface area contributed by atoms with Gasteiger partial charge in [-0.1, -0.05) is 30.3 Å². The Balaban J connectivity index is 1.58. The zero-order valence-electron chi connectivity index (χ0n) is 15.0. The van der Waals surface area contributed by atoms with Crippen molar-refractivity contribution in [1.29, 1.82) is 0 Å². The molecule has 1 aromatic carbocycles. The first-order valence-electron chi connectivity index (χ1n) is 9.06. The Morgan fingerprint density at radius 2 is 1.96 bits per heavy atom. The molecule has 0 radical (unpaired) electrons. The van der Waals surface area contributed by atoms with Gasteiger partial charge in [-0.15, -0.1) is 5.10 Å². The zero-order valence-corrected chi connectivity index (χ0v) is 15.0. The van der Waals surface area contributed by atoms with Crippen LogP contribution in [0, 0.1) is 0 Å². The largest absolute Gasteiger partial charge is 0.371 e. The van der Waals surface area contributed by atoms with E-state index in [9.17, 15) is 4.79 Å². The van der Waals surface area contributed by atoms with Gasteiger partial charge in [0, 0.05) is 26.2 Å². The van der Waals surface area contributed by atoms with Crippen molar-refractivity contribution in [1.82, 2.24) is 30.0 Å². The molecule has 2 aliphatic heterocycles. The molecule has 0 saturated carbocycles. The Hall–Kier alpha value is -2.32. The van der Waals surface area contributed by atoms with E-state index in [4.69, 9.17) is 4.74 Å². The minimum Gasteiger partial charge on any atom is -0.371 e. The molecule has 2 aliphatic rings. The lowest BCUT2D eigenvalue weighted by atomic mass is 9.89. The normalized spacial score (nSPS) is 21.7. The van der Waals surface area contributed by atoms with E-state index >= 15 is 0 Å². The number of carbonyl (C=O) groups excluding carboxylic acids is 1. The molecule has 3 heterocycles. The molecule has 4 rings (SSSR count). The molecule has 1 atom stereocenters. The van der Waals surface area contributed by atoms with Gasteiger partial charge in [0.15, 0.2) is 6.04 Å². The van der Waals surface area contributed by atoms with Crippen LogP contribution in [0.4, 0.5) is 0 Å². The fourth-order valence-electron chi connectivity index (χ4n) is 3.86. The molecule has 2 fully saturated rings. The molecular formula is C18H24N6O2. The second-order valence-corrected chi connectivity index (χ2v) is 7.20. The van der Waals surface area contributed by atoms with E-state index in [-0.39, 0.29) is 11.5 Å². The van der Waals surface area contributed by atoms with E-state index in [1.54, 1.807) is 0 Å². The number of hydrogen-bond donors (Lipinski definition) is 0. The lowest BCUT2D eigenvalue weighted by Crippen LogP contribution is -2.58. The standard InChI is InChI=1S/C18H24N6O2/c1-22-9-7-18(8-10-22)13-23(11-12-26-18)17(25)16(24-14-19-20-21-24)15-5-3-2-4-6-15/h2-6,14,16H,7-13H2,1H3. The van der Waals surface area contributed by atoms with Gasteiger partial charge in [0.25, 0.3) is 5.91 Å². The third-order valence-electron chi connectivity index (χ3n) is 5.44. The average Bonchev–Trinajstić information content (AvgIpc) is 3.20. The van der Waals surface area contributed by atoms with E-state index in [0.717, 1.165) is 31.5 Å². The number of carbonyl (C=O) groups is 1. The Morgan fingerprint density at radius 1 is 1.19 bits per heavy atom. The SMILES string of the molecule is CN1CCC2(CC1)CN(C(=O)C(c1ccccc1)n1cnnn1)CCO2. The van der Waals surface area contributed by atoms with Crippen LogP contribution < -0.4 is 0 Å². The summed E-state index contributed by atoms with van der Waals surface area (Å²) in [7, 11) is 2.13. The third-order valence-corrected chi connectivity index (χ3v) is 5.44. The molecule has 0 bridgehead atoms. The zero-order chi connectivity index (χ0) is 18.0. The number of piperidine rings is 1. The van der Waals surface area contributed by atoms with Crippen molar-refractivity contribution >= 4 is 5.91 Å². The summed E-state index contributed by atoms with van der Waals surface area (Å²) in [6.45, 7) is 3.80. The Bertz CT molecular complexity index is 727. The first-order valence-corrected chi connectivity index (χ1v) is 9.06. The highest BCUT2D eigenvalue weighted by Gasteiger charge is 2.42. The third kappa shape index (κ3) is 3.34. The van der Waals surface area contributed by atoms with Crippen molar-refractivity contribution in [3.63, 3.8) is 0 Å². The summed E-state index contributed by atoms with van der Waals surface area (Å²) < 4.78 is 7.68. The number of hydrogen-bond acceptors (Lipinski definition) is 6. The van der Waals surface area contributed by atoms with Gasteiger partial charge in [0.05, 0.1) is 12.2 Å². The fraction of sp³-hybridized carbons (Fsp3) is 0.556. The predicted octanol–water partition coefficient (Wildman–Crippen LogP) is 0.586. The van der Waals surface area contributed by atoms with Crippen molar-refractivity contribution < 1.29 is 9.53 Å². The average molecular weight is 356 g/mol. The molecule has 8 heteroatoms. The molecule has 1 spiro atoms. The maximum atomic E-state index is 13.4. The lowest BCUT2D eigenvalue weighted by Gasteiger charge is -2.47. The van der Waals surface area contributed by atoms with Crippen LogP contribution in [0.25, 0.3) is 0 Å². The summed E-state index contributed by atoms with van der Waals surface area (Å²) in [5.41, 5.74) is 0.663. The van der Waals surface area contributed by atoms with Gasteiger partial charge in [0.2, 0.25) is 0 Å². The van der Waals surface area contributed by atoms with Crippen molar-refractivity contribution in [2.45, 2.75) is 24.5 Å². The van der Waals surface area contributed by atoms with Crippen molar-refractivity contribution in [3.8, 4) is 0 Å². The molecular weight excluding hydrogens is 332 g/mol. The number of nitrogens with zero attached hydrogens (tertiary/aromatic N) is 6. The fourth-order valence-corrected chi connectivity index (χ4v) is 3.86. The summed E-state index contributed by atoms with van der Waals surface area (Å²) in [4.78, 5) is 17.7. The van der Waals surface area contributed by atoms with E-state index in [2.05, 4.69) is 27.5 Å². The first kappa shape index (κ1) is 17.1. The second kappa shape index (κ2) is 7.13. The van der Waals surface area contributed by atoms with Crippen LogP contribution in [0.1, 0.15) is 24.4 Å². The molecule has 2 aromatic rings. The number of amides is 1. The summed E-state index contributed by atoms with van der Waals surface area (Å²) in [6.07, 6.45) is 3.41. The number of ether oxygens (including phenoxy) is 1. The van der Waals surface area contributed by atoms with Gasteiger partial charge in [-0.05, 0) is 35.9 Å². The predicted molar refractivity (Wildman–Crippen MR) is 94.4 cm³/mol. The van der Waals surface area contributed by atoms with E-state index < -0.39 is 6.04 Å². The topological polar surface area (TPSA) is 76.4 Å². The van der Waals surface area contributed by atoms with Crippen LogP contribution in [0.2, 0.25) is 0 Å². The van der Waals surface area contributed by atoms with Gasteiger partial charge in [-0.3, -0.25) is 4.79 Å². The van der Waals surface area contributed by atoms with Gasteiger partial charge in [0.1, 0.15) is 6.33 Å². The first-order chi connectivity index (χ1) is 12.7. The van der Waals surface area contributed by atoms with Crippen LogP contribution in [0.15, 0.2) is 36.7 Å². The summed E-state index contributed by atoms with van der Waals surface area (Å²) in [6, 6.07) is 9.13. The monoisotopic (exact) mass is 356 g/mol. The van der Waals surface area contributed by atoms with Crippen LogP contribution in [0.3, 0.4) is 0 Å². The Labute approximate surface area is 152 Å². The summed E-state index contributed by atoms with van der Waals surface area (Å²) >= 11 is 0. The second-order valence-electron chi connectivity index (χ2n) is 7.20.